The lowest BCUT2D eigenvalue weighted by molar-refractivity contribution is -0.117. The molecule has 0 bridgehead atoms. The molecule has 1 heterocycles. The molecule has 4 nitrogen and oxygen atoms in total. The van der Waals surface area contributed by atoms with Crippen LogP contribution < -0.4 is 11.1 Å². The molecule has 0 radical (unpaired) electrons. The number of amides is 1. The van der Waals surface area contributed by atoms with Gasteiger partial charge in [0.25, 0.3) is 0 Å². The minimum absolute atomic E-state index is 0. The molecule has 0 saturated carbocycles. The van der Waals surface area contributed by atoms with E-state index in [-0.39, 0.29) is 24.7 Å². The maximum atomic E-state index is 11.2. The minimum Gasteiger partial charge on any atom is -0.369 e. The van der Waals surface area contributed by atoms with Crippen LogP contribution in [-0.4, -0.2) is 10.9 Å². The van der Waals surface area contributed by atoms with Gasteiger partial charge in [0.05, 0.1) is 12.1 Å². The van der Waals surface area contributed by atoms with Gasteiger partial charge in [0.2, 0.25) is 5.91 Å². The van der Waals surface area contributed by atoms with Gasteiger partial charge in [0.1, 0.15) is 0 Å². The number of nitrogens with two attached hydrogens (primary N) is 1. The first-order valence-corrected chi connectivity index (χ1v) is 9.39. The van der Waals surface area contributed by atoms with Crippen LogP contribution in [0.5, 0.6) is 0 Å². The van der Waals surface area contributed by atoms with E-state index in [1.54, 1.807) is 0 Å². The van der Waals surface area contributed by atoms with E-state index in [1.165, 1.54) is 5.56 Å². The van der Waals surface area contributed by atoms with Gasteiger partial charge in [-0.25, -0.2) is 0 Å². The Morgan fingerprint density at radius 2 is 1.89 bits per heavy atom. The Bertz CT molecular complexity index is 1000. The SMILES string of the molecule is Cl.NC(=O)Cc1cccc(Nc2cc(-c3ccc(Cl)cc3)nc3c2CCC3)c1. The van der Waals surface area contributed by atoms with Gasteiger partial charge in [-0.15, -0.1) is 12.4 Å². The summed E-state index contributed by atoms with van der Waals surface area (Å²) in [6.07, 6.45) is 3.36. The van der Waals surface area contributed by atoms with Crippen molar-refractivity contribution in [2.45, 2.75) is 25.7 Å². The fraction of sp³-hybridized carbons (Fsp3) is 0.182. The van der Waals surface area contributed by atoms with Gasteiger partial charge in [0, 0.05) is 27.7 Å². The predicted octanol–water partition coefficient (Wildman–Crippen LogP) is 5.08. The highest BCUT2D eigenvalue weighted by atomic mass is 35.5. The molecule has 28 heavy (non-hydrogen) atoms. The average Bonchev–Trinajstić information content (AvgIpc) is 3.11. The lowest BCUT2D eigenvalue weighted by Crippen LogP contribution is -2.13. The van der Waals surface area contributed by atoms with Gasteiger partial charge in [0.15, 0.2) is 0 Å². The zero-order valence-electron chi connectivity index (χ0n) is 15.2. The van der Waals surface area contributed by atoms with Gasteiger partial charge < -0.3 is 11.1 Å². The molecule has 3 N–H and O–H groups in total. The molecule has 1 aliphatic carbocycles. The highest BCUT2D eigenvalue weighted by molar-refractivity contribution is 6.30. The van der Waals surface area contributed by atoms with E-state index in [0.717, 1.165) is 53.2 Å². The summed E-state index contributed by atoms with van der Waals surface area (Å²) < 4.78 is 0. The van der Waals surface area contributed by atoms with Crippen LogP contribution in [-0.2, 0) is 24.1 Å². The quantitative estimate of drug-likeness (QED) is 0.612. The van der Waals surface area contributed by atoms with Crippen molar-refractivity contribution < 1.29 is 4.79 Å². The van der Waals surface area contributed by atoms with E-state index in [4.69, 9.17) is 22.3 Å². The third kappa shape index (κ3) is 4.46. The van der Waals surface area contributed by atoms with Crippen molar-refractivity contribution in [3.05, 3.63) is 76.4 Å². The van der Waals surface area contributed by atoms with Crippen molar-refractivity contribution >= 4 is 41.3 Å². The Labute approximate surface area is 175 Å². The Kier molecular flexibility index (Phi) is 6.22. The van der Waals surface area contributed by atoms with Crippen LogP contribution in [0.4, 0.5) is 11.4 Å². The van der Waals surface area contributed by atoms with E-state index in [2.05, 4.69) is 11.4 Å². The van der Waals surface area contributed by atoms with Crippen molar-refractivity contribution in [2.24, 2.45) is 5.73 Å². The molecule has 2 aromatic carbocycles. The van der Waals surface area contributed by atoms with Crippen LogP contribution in [0, 0.1) is 0 Å². The van der Waals surface area contributed by atoms with E-state index in [1.807, 2.05) is 48.5 Å². The van der Waals surface area contributed by atoms with Crippen LogP contribution >= 0.6 is 24.0 Å². The molecule has 1 aliphatic rings. The second-order valence-electron chi connectivity index (χ2n) is 6.81. The number of fused-ring (bicyclic) bond motifs is 1. The van der Waals surface area contributed by atoms with Gasteiger partial charge >= 0.3 is 0 Å². The maximum Gasteiger partial charge on any atom is 0.221 e. The molecule has 0 spiro atoms. The number of aryl methyl sites for hydroxylation is 1. The molecule has 6 heteroatoms. The fourth-order valence-electron chi connectivity index (χ4n) is 3.54. The van der Waals surface area contributed by atoms with Gasteiger partial charge in [-0.3, -0.25) is 9.78 Å². The summed E-state index contributed by atoms with van der Waals surface area (Å²) >= 11 is 6.02. The number of benzene rings is 2. The summed E-state index contributed by atoms with van der Waals surface area (Å²) in [5, 5.41) is 4.23. The predicted molar refractivity (Wildman–Crippen MR) is 117 cm³/mol. The van der Waals surface area contributed by atoms with Gasteiger partial charge in [-0.05, 0) is 60.7 Å². The third-order valence-corrected chi connectivity index (χ3v) is 5.03. The molecule has 4 rings (SSSR count). The molecule has 1 amide bonds. The number of hydrogen-bond donors (Lipinski definition) is 2. The summed E-state index contributed by atoms with van der Waals surface area (Å²) in [5.41, 5.74) is 12.6. The summed E-state index contributed by atoms with van der Waals surface area (Å²) in [5.74, 6) is -0.332. The molecular formula is C22H21Cl2N3O. The van der Waals surface area contributed by atoms with Crippen LogP contribution in [0.25, 0.3) is 11.3 Å². The normalized spacial score (nSPS) is 12.2. The van der Waals surface area contributed by atoms with Crippen molar-refractivity contribution in [3.8, 4) is 11.3 Å². The summed E-state index contributed by atoms with van der Waals surface area (Å²) in [6, 6.07) is 17.6. The molecule has 0 saturated heterocycles. The summed E-state index contributed by atoms with van der Waals surface area (Å²) in [7, 11) is 0. The summed E-state index contributed by atoms with van der Waals surface area (Å²) in [4.78, 5) is 16.1. The first-order chi connectivity index (χ1) is 13.1. The monoisotopic (exact) mass is 413 g/mol. The number of halogens is 2. The largest absolute Gasteiger partial charge is 0.369 e. The van der Waals surface area contributed by atoms with Gasteiger partial charge in [-0.2, -0.15) is 0 Å². The summed E-state index contributed by atoms with van der Waals surface area (Å²) in [6.45, 7) is 0. The number of pyridine rings is 1. The standard InChI is InChI=1S/C22H20ClN3O.ClH/c23-16-9-7-15(8-10-16)20-13-21(18-5-2-6-19(18)26-20)25-17-4-1-3-14(11-17)12-22(24)27;/h1,3-4,7-11,13H,2,5-6,12H2,(H2,24,27)(H,25,26);1H. The molecule has 1 aromatic heterocycles. The van der Waals surface area contributed by atoms with Crippen molar-refractivity contribution in [1.29, 1.82) is 0 Å². The minimum atomic E-state index is -0.332. The lowest BCUT2D eigenvalue weighted by Gasteiger charge is -2.14. The Balaban J connectivity index is 0.00000225. The van der Waals surface area contributed by atoms with E-state index >= 15 is 0 Å². The number of rotatable bonds is 5. The van der Waals surface area contributed by atoms with Crippen LogP contribution in [0.3, 0.4) is 0 Å². The number of primary amides is 1. The molecule has 0 aliphatic heterocycles. The van der Waals surface area contributed by atoms with Crippen LogP contribution in [0.2, 0.25) is 5.02 Å². The Morgan fingerprint density at radius 3 is 2.64 bits per heavy atom. The fourth-order valence-corrected chi connectivity index (χ4v) is 3.66. The number of aromatic nitrogens is 1. The smallest absolute Gasteiger partial charge is 0.221 e. The van der Waals surface area contributed by atoms with E-state index < -0.39 is 0 Å². The molecule has 0 unspecified atom stereocenters. The number of anilines is 2. The second kappa shape index (κ2) is 8.63. The van der Waals surface area contributed by atoms with Crippen LogP contribution in [0.1, 0.15) is 23.2 Å². The Hall–Kier alpha value is -2.56. The number of nitrogens with zero attached hydrogens (tertiary/aromatic N) is 1. The highest BCUT2D eigenvalue weighted by Crippen LogP contribution is 2.34. The first kappa shape index (κ1) is 20.2. The molecule has 0 atom stereocenters. The molecule has 0 fully saturated rings. The maximum absolute atomic E-state index is 11.2. The van der Waals surface area contributed by atoms with Gasteiger partial charge in [-0.1, -0.05) is 35.9 Å². The highest BCUT2D eigenvalue weighted by Gasteiger charge is 2.19. The zero-order chi connectivity index (χ0) is 18.8. The molecular weight excluding hydrogens is 393 g/mol. The number of nitrogens with one attached hydrogen (secondary N) is 1. The van der Waals surface area contributed by atoms with Crippen molar-refractivity contribution in [1.82, 2.24) is 4.98 Å². The first-order valence-electron chi connectivity index (χ1n) is 9.01. The number of hydrogen-bond acceptors (Lipinski definition) is 3. The molecule has 3 aromatic rings. The lowest BCUT2D eigenvalue weighted by atomic mass is 10.1. The van der Waals surface area contributed by atoms with E-state index in [0.29, 0.717) is 5.02 Å². The number of carbonyl (C=O) groups excluding carboxylic acids is 1. The average molecular weight is 414 g/mol. The van der Waals surface area contributed by atoms with Crippen molar-refractivity contribution in [2.75, 3.05) is 5.32 Å². The second-order valence-corrected chi connectivity index (χ2v) is 7.25. The zero-order valence-corrected chi connectivity index (χ0v) is 16.8. The van der Waals surface area contributed by atoms with E-state index in [9.17, 15) is 4.79 Å². The van der Waals surface area contributed by atoms with Crippen molar-refractivity contribution in [3.63, 3.8) is 0 Å². The topological polar surface area (TPSA) is 68.0 Å². The number of carbonyl (C=O) groups is 1. The Morgan fingerprint density at radius 1 is 1.11 bits per heavy atom. The third-order valence-electron chi connectivity index (χ3n) is 4.77. The van der Waals surface area contributed by atoms with Crippen LogP contribution in [0.15, 0.2) is 54.6 Å². The molecule has 144 valence electrons.